The highest BCUT2D eigenvalue weighted by atomic mass is 35.5. The number of anilines is 2. The summed E-state index contributed by atoms with van der Waals surface area (Å²) in [5.41, 5.74) is 2.60. The number of nitrogens with zero attached hydrogens (tertiary/aromatic N) is 4. The van der Waals surface area contributed by atoms with Crippen molar-refractivity contribution in [3.8, 4) is 0 Å². The molecule has 1 saturated carbocycles. The van der Waals surface area contributed by atoms with Gasteiger partial charge in [-0.2, -0.15) is 9.61 Å². The molecule has 0 unspecified atom stereocenters. The lowest BCUT2D eigenvalue weighted by molar-refractivity contribution is 0.521. The summed E-state index contributed by atoms with van der Waals surface area (Å²) in [6.45, 7) is 0. The van der Waals surface area contributed by atoms with E-state index in [-0.39, 0.29) is 4.90 Å². The average Bonchev–Trinajstić information content (AvgIpc) is 3.35. The van der Waals surface area contributed by atoms with Crippen LogP contribution in [-0.2, 0) is 10.0 Å². The summed E-state index contributed by atoms with van der Waals surface area (Å²) in [6.07, 6.45) is 4.15. The van der Waals surface area contributed by atoms with Crippen molar-refractivity contribution in [1.29, 1.82) is 0 Å². The first-order valence-corrected chi connectivity index (χ1v) is 10.0. The monoisotopic (exact) mass is 391 g/mol. The molecule has 1 fully saturated rings. The van der Waals surface area contributed by atoms with Crippen LogP contribution in [-0.4, -0.2) is 41.4 Å². The summed E-state index contributed by atoms with van der Waals surface area (Å²) in [6, 6.07) is 8.25. The Labute approximate surface area is 156 Å². The molecule has 2 aromatic heterocycles. The number of hydrogen-bond donors (Lipinski definition) is 1. The van der Waals surface area contributed by atoms with Crippen LogP contribution in [0.3, 0.4) is 0 Å². The van der Waals surface area contributed by atoms with Crippen molar-refractivity contribution >= 4 is 38.8 Å². The number of fused-ring (bicyclic) bond motifs is 1. The number of halogens is 1. The molecular weight excluding hydrogens is 374 g/mol. The molecule has 1 aliphatic rings. The van der Waals surface area contributed by atoms with Crippen molar-refractivity contribution in [2.24, 2.45) is 0 Å². The van der Waals surface area contributed by atoms with Gasteiger partial charge in [0.1, 0.15) is 11.0 Å². The van der Waals surface area contributed by atoms with Gasteiger partial charge in [-0.25, -0.2) is 17.7 Å². The fourth-order valence-electron chi connectivity index (χ4n) is 2.79. The summed E-state index contributed by atoms with van der Waals surface area (Å²) in [5, 5.41) is 8.05. The molecule has 2 heterocycles. The first-order chi connectivity index (χ1) is 12.4. The van der Waals surface area contributed by atoms with Crippen LogP contribution in [0, 0.1) is 0 Å². The third-order valence-electron chi connectivity index (χ3n) is 4.39. The van der Waals surface area contributed by atoms with Gasteiger partial charge in [-0.3, -0.25) is 0 Å². The second-order valence-corrected chi connectivity index (χ2v) is 9.05. The molecule has 0 bridgehead atoms. The number of hydrogen-bond acceptors (Lipinski definition) is 5. The van der Waals surface area contributed by atoms with Crippen LogP contribution in [0.4, 0.5) is 11.5 Å². The quantitative estimate of drug-likeness (QED) is 0.675. The summed E-state index contributed by atoms with van der Waals surface area (Å²) in [7, 11) is -0.438. The van der Waals surface area contributed by atoms with Crippen molar-refractivity contribution in [2.45, 2.75) is 23.7 Å². The molecule has 0 aliphatic heterocycles. The van der Waals surface area contributed by atoms with E-state index in [0.29, 0.717) is 16.9 Å². The van der Waals surface area contributed by atoms with Crippen molar-refractivity contribution in [1.82, 2.24) is 18.9 Å². The van der Waals surface area contributed by atoms with E-state index in [9.17, 15) is 8.42 Å². The molecule has 0 radical (unpaired) electrons. The van der Waals surface area contributed by atoms with Crippen LogP contribution in [0.5, 0.6) is 0 Å². The predicted molar refractivity (Wildman–Crippen MR) is 101 cm³/mol. The molecule has 9 heteroatoms. The van der Waals surface area contributed by atoms with Crippen LogP contribution in [0.2, 0.25) is 5.15 Å². The third kappa shape index (κ3) is 3.04. The van der Waals surface area contributed by atoms with E-state index in [1.807, 2.05) is 6.20 Å². The van der Waals surface area contributed by atoms with Gasteiger partial charge < -0.3 is 5.32 Å². The fourth-order valence-corrected chi connectivity index (χ4v) is 3.88. The lowest BCUT2D eigenvalue weighted by Crippen LogP contribution is -2.22. The van der Waals surface area contributed by atoms with Gasteiger partial charge >= 0.3 is 0 Å². The van der Waals surface area contributed by atoms with Crippen molar-refractivity contribution < 1.29 is 8.42 Å². The highest BCUT2D eigenvalue weighted by Gasteiger charge is 2.28. The van der Waals surface area contributed by atoms with Gasteiger partial charge in [0.05, 0.1) is 11.1 Å². The molecule has 0 spiro atoms. The van der Waals surface area contributed by atoms with E-state index in [4.69, 9.17) is 11.6 Å². The summed E-state index contributed by atoms with van der Waals surface area (Å²) < 4.78 is 27.2. The van der Waals surface area contributed by atoms with E-state index in [2.05, 4.69) is 15.4 Å². The lowest BCUT2D eigenvalue weighted by atomic mass is 10.2. The normalized spacial score (nSPS) is 14.9. The highest BCUT2D eigenvalue weighted by Crippen LogP contribution is 2.42. The number of rotatable bonds is 5. The van der Waals surface area contributed by atoms with Crippen LogP contribution in [0.25, 0.3) is 5.65 Å². The Morgan fingerprint density at radius 1 is 1.23 bits per heavy atom. The van der Waals surface area contributed by atoms with Crippen molar-refractivity contribution in [3.05, 3.63) is 47.2 Å². The van der Waals surface area contributed by atoms with Gasteiger partial charge in [0, 0.05) is 31.4 Å². The molecule has 0 atom stereocenters. The maximum Gasteiger partial charge on any atom is 0.242 e. The van der Waals surface area contributed by atoms with Gasteiger partial charge in [0.2, 0.25) is 10.0 Å². The molecule has 4 rings (SSSR count). The molecule has 0 saturated heterocycles. The van der Waals surface area contributed by atoms with Crippen LogP contribution >= 0.6 is 11.6 Å². The highest BCUT2D eigenvalue weighted by molar-refractivity contribution is 7.89. The Hall–Kier alpha value is -2.16. The Balaban J connectivity index is 1.67. The zero-order valence-corrected chi connectivity index (χ0v) is 15.9. The zero-order valence-electron chi connectivity index (χ0n) is 14.3. The summed E-state index contributed by atoms with van der Waals surface area (Å²) in [5.74, 6) is 1.19. The van der Waals surface area contributed by atoms with Gasteiger partial charge in [-0.1, -0.05) is 11.6 Å². The summed E-state index contributed by atoms with van der Waals surface area (Å²) >= 11 is 6.19. The van der Waals surface area contributed by atoms with Crippen LogP contribution in [0.15, 0.2) is 41.4 Å². The maximum atomic E-state index is 12.2. The lowest BCUT2D eigenvalue weighted by Gasteiger charge is -2.13. The zero-order chi connectivity index (χ0) is 18.5. The number of benzene rings is 1. The molecule has 0 amide bonds. The van der Waals surface area contributed by atoms with Gasteiger partial charge in [-0.15, -0.1) is 0 Å². The van der Waals surface area contributed by atoms with Gasteiger partial charge in [0.25, 0.3) is 0 Å². The fraction of sp³-hybridized carbons (Fsp3) is 0.294. The molecule has 1 aromatic carbocycles. The largest absolute Gasteiger partial charge is 0.340 e. The van der Waals surface area contributed by atoms with Crippen LogP contribution < -0.4 is 5.32 Å². The molecule has 136 valence electrons. The topological polar surface area (TPSA) is 79.6 Å². The maximum absolute atomic E-state index is 12.2. The Bertz CT molecular complexity index is 1070. The number of nitrogens with one attached hydrogen (secondary N) is 1. The third-order valence-corrected chi connectivity index (χ3v) is 6.41. The van der Waals surface area contributed by atoms with Crippen molar-refractivity contribution in [2.75, 3.05) is 19.4 Å². The minimum Gasteiger partial charge on any atom is -0.340 e. The van der Waals surface area contributed by atoms with E-state index in [0.717, 1.165) is 29.7 Å². The smallest absolute Gasteiger partial charge is 0.242 e. The molecule has 3 aromatic rings. The minimum atomic E-state index is -3.45. The van der Waals surface area contributed by atoms with E-state index >= 15 is 0 Å². The molecular formula is C17H18ClN5O2S. The second-order valence-electron chi connectivity index (χ2n) is 6.51. The first-order valence-electron chi connectivity index (χ1n) is 8.20. The summed E-state index contributed by atoms with van der Waals surface area (Å²) in [4.78, 5) is 4.64. The molecule has 1 N–H and O–H groups in total. The van der Waals surface area contributed by atoms with Gasteiger partial charge in [0.15, 0.2) is 5.65 Å². The number of aromatic nitrogens is 3. The first kappa shape index (κ1) is 17.3. The Kier molecular flexibility index (Phi) is 4.13. The SMILES string of the molecule is CN(C)S(=O)(=O)c1ccc(Nc2cc(Cl)nc3c(C4CC4)cnn23)cc1. The van der Waals surface area contributed by atoms with Gasteiger partial charge in [-0.05, 0) is 43.0 Å². The number of sulfonamides is 1. The van der Waals surface area contributed by atoms with Crippen molar-refractivity contribution in [3.63, 3.8) is 0 Å². The molecule has 7 nitrogen and oxygen atoms in total. The van der Waals surface area contributed by atoms with E-state index in [1.54, 1.807) is 34.8 Å². The predicted octanol–water partition coefficient (Wildman–Crippen LogP) is 3.25. The van der Waals surface area contributed by atoms with E-state index in [1.165, 1.54) is 18.4 Å². The van der Waals surface area contributed by atoms with Crippen LogP contribution in [0.1, 0.15) is 24.3 Å². The average molecular weight is 392 g/mol. The second kappa shape index (κ2) is 6.22. The Morgan fingerprint density at radius 2 is 1.92 bits per heavy atom. The Morgan fingerprint density at radius 3 is 2.54 bits per heavy atom. The minimum absolute atomic E-state index is 0.237. The molecule has 26 heavy (non-hydrogen) atoms. The molecule has 1 aliphatic carbocycles. The van der Waals surface area contributed by atoms with E-state index < -0.39 is 10.0 Å². The standard InChI is InChI=1S/C17H18ClN5O2S/c1-22(2)26(24,25)13-7-5-12(6-8-13)20-16-9-15(18)21-17-14(11-3-4-11)10-19-23(16)17/h5-11,20H,3-4H2,1-2H3.